The third-order valence-corrected chi connectivity index (χ3v) is 4.72. The highest BCUT2D eigenvalue weighted by Crippen LogP contribution is 2.50. The van der Waals surface area contributed by atoms with E-state index in [9.17, 15) is 0 Å². The molecule has 0 radical (unpaired) electrons. The second kappa shape index (κ2) is 6.14. The van der Waals surface area contributed by atoms with Gasteiger partial charge >= 0.3 is 0 Å². The van der Waals surface area contributed by atoms with Crippen molar-refractivity contribution >= 4 is 15.9 Å². The molecule has 1 saturated carbocycles. The van der Waals surface area contributed by atoms with Crippen molar-refractivity contribution < 1.29 is 9.47 Å². The highest BCUT2D eigenvalue weighted by atomic mass is 79.9. The minimum atomic E-state index is 0.0257. The molecule has 106 valence electrons. The fraction of sp³-hybridized carbons (Fsp3) is 0.600. The molecule has 0 aromatic heterocycles. The lowest BCUT2D eigenvalue weighted by molar-refractivity contribution is 0.296. The summed E-state index contributed by atoms with van der Waals surface area (Å²) < 4.78 is 12.4. The molecule has 1 aromatic rings. The first kappa shape index (κ1) is 14.7. The summed E-state index contributed by atoms with van der Waals surface area (Å²) in [4.78, 5) is 0. The van der Waals surface area contributed by atoms with Crippen molar-refractivity contribution in [1.82, 2.24) is 0 Å². The number of halogens is 1. The number of hydrogen-bond acceptors (Lipinski definition) is 3. The fourth-order valence-corrected chi connectivity index (χ4v) is 3.82. The summed E-state index contributed by atoms with van der Waals surface area (Å²) >= 11 is 3.68. The van der Waals surface area contributed by atoms with E-state index in [0.29, 0.717) is 13.2 Å². The largest absolute Gasteiger partial charge is 0.493 e. The Hall–Kier alpha value is -0.740. The number of hydrogen-bond donors (Lipinski definition) is 1. The van der Waals surface area contributed by atoms with Crippen molar-refractivity contribution in [3.63, 3.8) is 0 Å². The van der Waals surface area contributed by atoms with Crippen LogP contribution in [0.5, 0.6) is 11.5 Å². The molecule has 3 nitrogen and oxygen atoms in total. The van der Waals surface area contributed by atoms with Gasteiger partial charge in [-0.25, -0.2) is 0 Å². The van der Waals surface area contributed by atoms with Crippen molar-refractivity contribution in [3.05, 3.63) is 22.2 Å². The van der Waals surface area contributed by atoms with Crippen LogP contribution in [0.2, 0.25) is 0 Å². The number of rotatable bonds is 5. The van der Waals surface area contributed by atoms with Gasteiger partial charge in [0.1, 0.15) is 0 Å². The second-order valence-corrected chi connectivity index (χ2v) is 5.93. The van der Waals surface area contributed by atoms with Gasteiger partial charge in [0.15, 0.2) is 11.5 Å². The van der Waals surface area contributed by atoms with Gasteiger partial charge in [0.2, 0.25) is 0 Å². The first-order chi connectivity index (χ1) is 9.18. The van der Waals surface area contributed by atoms with Crippen molar-refractivity contribution in [2.24, 2.45) is 5.73 Å². The Balaban J connectivity index is 2.59. The topological polar surface area (TPSA) is 44.5 Å². The van der Waals surface area contributed by atoms with Gasteiger partial charge in [-0.2, -0.15) is 0 Å². The molecule has 1 fully saturated rings. The number of benzene rings is 1. The van der Waals surface area contributed by atoms with Gasteiger partial charge in [0.05, 0.1) is 13.7 Å². The molecule has 0 spiro atoms. The van der Waals surface area contributed by atoms with E-state index in [4.69, 9.17) is 15.2 Å². The molecule has 0 atom stereocenters. The molecule has 2 N–H and O–H groups in total. The van der Waals surface area contributed by atoms with Crippen molar-refractivity contribution in [2.75, 3.05) is 20.3 Å². The van der Waals surface area contributed by atoms with E-state index in [0.717, 1.165) is 28.8 Å². The average Bonchev–Trinajstić information content (AvgIpc) is 2.89. The van der Waals surface area contributed by atoms with Crippen LogP contribution in [0, 0.1) is 0 Å². The maximum atomic E-state index is 6.11. The number of nitrogens with two attached hydrogens (primary N) is 1. The highest BCUT2D eigenvalue weighted by molar-refractivity contribution is 9.10. The summed E-state index contributed by atoms with van der Waals surface area (Å²) in [5, 5.41) is 0. The van der Waals surface area contributed by atoms with Gasteiger partial charge in [0, 0.05) is 22.0 Å². The lowest BCUT2D eigenvalue weighted by Gasteiger charge is -2.31. The standard InChI is InChI=1S/C15H22BrNO2/c1-3-19-14-12(18-2)7-6-11(16)13(14)15(10-17)8-4-5-9-15/h6-7H,3-5,8-10,17H2,1-2H3. The zero-order valence-corrected chi connectivity index (χ0v) is 13.3. The van der Waals surface area contributed by atoms with E-state index in [1.54, 1.807) is 7.11 Å². The summed E-state index contributed by atoms with van der Waals surface area (Å²) in [6.07, 6.45) is 4.70. The van der Waals surface area contributed by atoms with E-state index in [1.807, 2.05) is 19.1 Å². The molecule has 4 heteroatoms. The van der Waals surface area contributed by atoms with E-state index in [1.165, 1.54) is 18.4 Å². The Bertz CT molecular complexity index is 442. The van der Waals surface area contributed by atoms with Crippen LogP contribution in [0.25, 0.3) is 0 Å². The van der Waals surface area contributed by atoms with E-state index >= 15 is 0 Å². The monoisotopic (exact) mass is 327 g/mol. The summed E-state index contributed by atoms with van der Waals surface area (Å²) in [5.41, 5.74) is 7.32. The first-order valence-electron chi connectivity index (χ1n) is 6.88. The van der Waals surface area contributed by atoms with Gasteiger partial charge < -0.3 is 15.2 Å². The predicted octanol–water partition coefficient (Wildman–Crippen LogP) is 3.63. The van der Waals surface area contributed by atoms with Crippen LogP contribution in [-0.2, 0) is 5.41 Å². The molecule has 0 aliphatic heterocycles. The van der Waals surface area contributed by atoms with Gasteiger partial charge in [-0.15, -0.1) is 0 Å². The third-order valence-electron chi connectivity index (χ3n) is 4.06. The van der Waals surface area contributed by atoms with Crippen molar-refractivity contribution in [1.29, 1.82) is 0 Å². The smallest absolute Gasteiger partial charge is 0.166 e. The lowest BCUT2D eigenvalue weighted by Crippen LogP contribution is -2.33. The molecule has 0 saturated heterocycles. The Kier molecular flexibility index (Phi) is 4.74. The average molecular weight is 328 g/mol. The summed E-state index contributed by atoms with van der Waals surface area (Å²) in [6, 6.07) is 3.98. The molecule has 1 aliphatic carbocycles. The van der Waals surface area contributed by atoms with Crippen LogP contribution >= 0.6 is 15.9 Å². The van der Waals surface area contributed by atoms with Crippen molar-refractivity contribution in [3.8, 4) is 11.5 Å². The van der Waals surface area contributed by atoms with Crippen LogP contribution in [0.3, 0.4) is 0 Å². The third kappa shape index (κ3) is 2.61. The Morgan fingerprint density at radius 3 is 2.53 bits per heavy atom. The van der Waals surface area contributed by atoms with Crippen molar-refractivity contribution in [2.45, 2.75) is 38.0 Å². The molecule has 0 amide bonds. The lowest BCUT2D eigenvalue weighted by atomic mass is 9.78. The Morgan fingerprint density at radius 1 is 1.32 bits per heavy atom. The van der Waals surface area contributed by atoms with Gasteiger partial charge in [-0.1, -0.05) is 28.8 Å². The van der Waals surface area contributed by atoms with Crippen LogP contribution in [0.15, 0.2) is 16.6 Å². The minimum Gasteiger partial charge on any atom is -0.493 e. The van der Waals surface area contributed by atoms with E-state index in [-0.39, 0.29) is 5.41 Å². The first-order valence-corrected chi connectivity index (χ1v) is 7.67. The predicted molar refractivity (Wildman–Crippen MR) is 81.1 cm³/mol. The summed E-state index contributed by atoms with van der Waals surface area (Å²) in [5.74, 6) is 1.64. The summed E-state index contributed by atoms with van der Waals surface area (Å²) in [6.45, 7) is 3.27. The number of methoxy groups -OCH3 is 1. The molecule has 0 bridgehead atoms. The van der Waals surface area contributed by atoms with Gasteiger partial charge in [-0.3, -0.25) is 0 Å². The zero-order chi connectivity index (χ0) is 13.9. The summed E-state index contributed by atoms with van der Waals surface area (Å²) in [7, 11) is 1.68. The van der Waals surface area contributed by atoms with Crippen LogP contribution in [-0.4, -0.2) is 20.3 Å². The van der Waals surface area contributed by atoms with E-state index in [2.05, 4.69) is 15.9 Å². The SMILES string of the molecule is CCOc1c(OC)ccc(Br)c1C1(CN)CCCC1. The molecule has 1 aliphatic rings. The van der Waals surface area contributed by atoms with Crippen LogP contribution in [0.4, 0.5) is 0 Å². The molecule has 0 heterocycles. The van der Waals surface area contributed by atoms with E-state index < -0.39 is 0 Å². The second-order valence-electron chi connectivity index (χ2n) is 5.08. The number of ether oxygens (including phenoxy) is 2. The minimum absolute atomic E-state index is 0.0257. The van der Waals surface area contributed by atoms with Crippen LogP contribution in [0.1, 0.15) is 38.2 Å². The van der Waals surface area contributed by atoms with Gasteiger partial charge in [0.25, 0.3) is 0 Å². The maximum absolute atomic E-state index is 6.11. The Morgan fingerprint density at radius 2 is 2.00 bits per heavy atom. The molecule has 2 rings (SSSR count). The Labute approximate surface area is 123 Å². The molecule has 0 unspecified atom stereocenters. The molecular formula is C15H22BrNO2. The molecular weight excluding hydrogens is 306 g/mol. The molecule has 19 heavy (non-hydrogen) atoms. The zero-order valence-electron chi connectivity index (χ0n) is 11.7. The highest BCUT2D eigenvalue weighted by Gasteiger charge is 2.39. The van der Waals surface area contributed by atoms with Gasteiger partial charge in [-0.05, 0) is 31.9 Å². The normalized spacial score (nSPS) is 17.5. The maximum Gasteiger partial charge on any atom is 0.166 e. The quantitative estimate of drug-likeness (QED) is 0.898. The van der Waals surface area contributed by atoms with Crippen LogP contribution < -0.4 is 15.2 Å². The fourth-order valence-electron chi connectivity index (χ4n) is 3.09. The molecule has 1 aromatic carbocycles.